The molecule has 0 aliphatic heterocycles. The molecular formula is C42H28N6O21S5. The van der Waals surface area contributed by atoms with E-state index in [0.29, 0.717) is 12.1 Å². The summed E-state index contributed by atoms with van der Waals surface area (Å²) >= 11 is 0. The van der Waals surface area contributed by atoms with Gasteiger partial charge in [-0.25, -0.2) is 0 Å². The summed E-state index contributed by atoms with van der Waals surface area (Å²) in [5, 5.41) is 86.4. The molecule has 27 nitrogen and oxygen atoms in total. The third kappa shape index (κ3) is 10.1. The molecule has 0 atom stereocenters. The first-order valence-corrected chi connectivity index (χ1v) is 26.9. The Morgan fingerprint density at radius 3 is 1.00 bits per heavy atom. The van der Waals surface area contributed by atoms with Crippen molar-refractivity contribution < 1.29 is 95.5 Å². The summed E-state index contributed by atoms with van der Waals surface area (Å²) in [5.41, 5.74) is -3.49. The molecule has 8 aromatic carbocycles. The van der Waals surface area contributed by atoms with Gasteiger partial charge in [-0.05, 0) is 113 Å². The standard InChI is InChI=1S/C42H28N6O21S5/c49-31-13-18(1-8-28(31)43-46-36-33(72(61,62)63)15-20-11-22(70(55,56)57)3-5-24(20)40(36)52)19-2-9-29(32(50)14-19)44-47-38-35(74(67,68)69)17-27-26(42(38)54)7-10-30(39(27)51)45-48-37-34(73(64,65)66)16-21-12-23(71(58,59)60)4-6-25(21)41(37)53/h1-17,49-54H,(H,55,56,57)(H,58,59,60)(H,61,62,63)(H,64,65,66)(H,67,68,69). The van der Waals surface area contributed by atoms with E-state index >= 15 is 0 Å². The maximum Gasteiger partial charge on any atom is 0.296 e. The van der Waals surface area contributed by atoms with Crippen molar-refractivity contribution in [3.05, 3.63) is 103 Å². The number of benzene rings is 8. The number of nitrogens with zero attached hydrogens (tertiary/aromatic N) is 6. The fraction of sp³-hybridized carbons (Fsp3) is 0. The van der Waals surface area contributed by atoms with Crippen LogP contribution in [-0.4, -0.2) is 95.5 Å². The minimum Gasteiger partial charge on any atom is -0.506 e. The van der Waals surface area contributed by atoms with E-state index in [4.69, 9.17) is 0 Å². The van der Waals surface area contributed by atoms with Gasteiger partial charge in [0.15, 0.2) is 23.0 Å². The Kier molecular flexibility index (Phi) is 12.9. The van der Waals surface area contributed by atoms with Gasteiger partial charge in [0.2, 0.25) is 0 Å². The number of azo groups is 3. The maximum atomic E-state index is 12.6. The normalized spacial score (nSPS) is 13.1. The van der Waals surface area contributed by atoms with Crippen LogP contribution in [0.1, 0.15) is 0 Å². The van der Waals surface area contributed by atoms with Crippen LogP contribution in [0.2, 0.25) is 0 Å². The highest BCUT2D eigenvalue weighted by molar-refractivity contribution is 7.87. The summed E-state index contributed by atoms with van der Waals surface area (Å²) in [6, 6.07) is 16.7. The molecule has 0 saturated heterocycles. The van der Waals surface area contributed by atoms with Crippen molar-refractivity contribution in [2.45, 2.75) is 24.5 Å². The van der Waals surface area contributed by atoms with Crippen molar-refractivity contribution in [1.82, 2.24) is 0 Å². The Morgan fingerprint density at radius 2 is 0.635 bits per heavy atom. The Bertz CT molecular complexity index is 4480. The molecule has 0 amide bonds. The average Bonchev–Trinajstić information content (AvgIpc) is 3.30. The van der Waals surface area contributed by atoms with Crippen molar-refractivity contribution in [3.8, 4) is 45.6 Å². The third-order valence-corrected chi connectivity index (χ3v) is 15.0. The van der Waals surface area contributed by atoms with Gasteiger partial charge in [0.1, 0.15) is 60.3 Å². The summed E-state index contributed by atoms with van der Waals surface area (Å²) in [4.78, 5) is -4.62. The molecule has 0 unspecified atom stereocenters. The number of aromatic hydroxyl groups is 6. The number of phenols is 6. The maximum absolute atomic E-state index is 12.6. The molecule has 11 N–H and O–H groups in total. The van der Waals surface area contributed by atoms with Crippen LogP contribution in [-0.2, 0) is 50.6 Å². The van der Waals surface area contributed by atoms with Crippen molar-refractivity contribution in [2.75, 3.05) is 0 Å². The molecule has 0 heterocycles. The van der Waals surface area contributed by atoms with Crippen LogP contribution in [0, 0.1) is 0 Å². The van der Waals surface area contributed by atoms with Crippen LogP contribution in [0.3, 0.4) is 0 Å². The number of hydrogen-bond acceptors (Lipinski definition) is 22. The smallest absolute Gasteiger partial charge is 0.296 e. The number of hydrogen-bond donors (Lipinski definition) is 11. The van der Waals surface area contributed by atoms with Gasteiger partial charge in [-0.1, -0.05) is 12.1 Å². The zero-order valence-electron chi connectivity index (χ0n) is 36.0. The fourth-order valence-corrected chi connectivity index (χ4v) is 10.2. The molecular weight excluding hydrogens is 1080 g/mol. The zero-order valence-corrected chi connectivity index (χ0v) is 40.1. The van der Waals surface area contributed by atoms with Crippen LogP contribution in [0.5, 0.6) is 34.5 Å². The van der Waals surface area contributed by atoms with Crippen molar-refractivity contribution >= 4 is 117 Å². The first-order valence-electron chi connectivity index (χ1n) is 19.7. The van der Waals surface area contributed by atoms with Gasteiger partial charge in [0.05, 0.1) is 9.79 Å². The van der Waals surface area contributed by atoms with Crippen LogP contribution in [0.4, 0.5) is 34.1 Å². The Hall–Kier alpha value is -8.31. The first kappa shape index (κ1) is 52.0. The molecule has 0 aliphatic rings. The molecule has 74 heavy (non-hydrogen) atoms. The van der Waals surface area contributed by atoms with E-state index in [1.54, 1.807) is 0 Å². The minimum absolute atomic E-state index is 0.163. The van der Waals surface area contributed by atoms with Gasteiger partial charge in [0, 0.05) is 21.5 Å². The Morgan fingerprint density at radius 1 is 0.297 bits per heavy atom. The van der Waals surface area contributed by atoms with Crippen LogP contribution < -0.4 is 0 Å². The molecule has 8 aromatic rings. The van der Waals surface area contributed by atoms with E-state index in [0.717, 1.165) is 72.8 Å². The Balaban J connectivity index is 1.09. The first-order chi connectivity index (χ1) is 34.3. The Labute approximate surface area is 414 Å². The topological polar surface area (TPSA) is 467 Å². The lowest BCUT2D eigenvalue weighted by atomic mass is 10.0. The van der Waals surface area contributed by atoms with E-state index in [1.807, 2.05) is 0 Å². The summed E-state index contributed by atoms with van der Waals surface area (Å²) < 4.78 is 170. The number of rotatable bonds is 12. The molecule has 0 saturated carbocycles. The van der Waals surface area contributed by atoms with E-state index < -0.39 is 138 Å². The van der Waals surface area contributed by atoms with Gasteiger partial charge in [-0.3, -0.25) is 22.8 Å². The predicted octanol–water partition coefficient (Wildman–Crippen LogP) is 8.53. The monoisotopic (exact) mass is 1110 g/mol. The second-order valence-electron chi connectivity index (χ2n) is 15.4. The molecule has 32 heteroatoms. The van der Waals surface area contributed by atoms with Crippen LogP contribution in [0.15, 0.2) is 158 Å². The van der Waals surface area contributed by atoms with E-state index in [9.17, 15) is 95.5 Å². The van der Waals surface area contributed by atoms with Crippen molar-refractivity contribution in [3.63, 3.8) is 0 Å². The lowest BCUT2D eigenvalue weighted by Gasteiger charge is -2.12. The second kappa shape index (κ2) is 18.3. The van der Waals surface area contributed by atoms with E-state index in [2.05, 4.69) is 30.7 Å². The number of fused-ring (bicyclic) bond motifs is 3. The van der Waals surface area contributed by atoms with Gasteiger partial charge < -0.3 is 30.6 Å². The predicted molar refractivity (Wildman–Crippen MR) is 255 cm³/mol. The SMILES string of the molecule is O=S(=O)(O)c1ccc2c(O)c(N=Nc3ccc(-c4ccc(N=Nc5c(S(=O)(=O)O)cc6c(O)c(N=Nc7c(S(=O)(=O)O)cc8cc(S(=O)(=O)O)ccc8c7O)ccc6c5O)c(O)c4)cc3O)c(S(=O)(=O)O)cc2c1. The van der Waals surface area contributed by atoms with Gasteiger partial charge in [0.25, 0.3) is 50.6 Å². The largest absolute Gasteiger partial charge is 0.506 e. The fourth-order valence-electron chi connectivity index (χ4n) is 7.22. The van der Waals surface area contributed by atoms with Gasteiger partial charge >= 0.3 is 0 Å². The van der Waals surface area contributed by atoms with Crippen LogP contribution in [0.25, 0.3) is 43.4 Å². The summed E-state index contributed by atoms with van der Waals surface area (Å²) in [6.45, 7) is 0. The van der Waals surface area contributed by atoms with E-state index in [1.165, 1.54) is 18.2 Å². The number of phenolic OH excluding ortho intramolecular Hbond substituents is 6. The molecule has 0 aliphatic carbocycles. The van der Waals surface area contributed by atoms with Crippen LogP contribution >= 0.6 is 0 Å². The highest BCUT2D eigenvalue weighted by atomic mass is 32.2. The molecule has 0 aromatic heterocycles. The summed E-state index contributed by atoms with van der Waals surface area (Å²) in [5.74, 6) is -5.02. The second-order valence-corrected chi connectivity index (χ2v) is 22.4. The molecule has 0 radical (unpaired) electrons. The lowest BCUT2D eigenvalue weighted by Crippen LogP contribution is -2.00. The summed E-state index contributed by atoms with van der Waals surface area (Å²) in [7, 11) is -25.3. The zero-order chi connectivity index (χ0) is 54.2. The van der Waals surface area contributed by atoms with Crippen molar-refractivity contribution in [1.29, 1.82) is 0 Å². The average molecular weight is 1110 g/mol. The lowest BCUT2D eigenvalue weighted by molar-refractivity contribution is 0.469. The molecule has 8 rings (SSSR count). The molecule has 382 valence electrons. The third-order valence-electron chi connectivity index (χ3n) is 10.7. The van der Waals surface area contributed by atoms with E-state index in [-0.39, 0.29) is 49.4 Å². The summed E-state index contributed by atoms with van der Waals surface area (Å²) in [6.07, 6.45) is 0. The quantitative estimate of drug-likeness (QED) is 0.0403. The molecule has 0 spiro atoms. The van der Waals surface area contributed by atoms with Gasteiger partial charge in [-0.15, -0.1) is 30.7 Å². The molecule has 0 bridgehead atoms. The van der Waals surface area contributed by atoms with Crippen molar-refractivity contribution in [2.24, 2.45) is 30.7 Å². The highest BCUT2D eigenvalue weighted by Crippen LogP contribution is 2.49. The highest BCUT2D eigenvalue weighted by Gasteiger charge is 2.27. The minimum atomic E-state index is -5.34. The molecule has 0 fully saturated rings. The van der Waals surface area contributed by atoms with Gasteiger partial charge in [-0.2, -0.15) is 42.1 Å².